The van der Waals surface area contributed by atoms with E-state index in [4.69, 9.17) is 0 Å². The Morgan fingerprint density at radius 2 is 1.67 bits per heavy atom. The quantitative estimate of drug-likeness (QED) is 0.664. The lowest BCUT2D eigenvalue weighted by Crippen LogP contribution is -2.46. The Morgan fingerprint density at radius 1 is 1.04 bits per heavy atom. The number of nitrogens with one attached hydrogen (secondary N) is 1. The molecule has 0 bridgehead atoms. The summed E-state index contributed by atoms with van der Waals surface area (Å²) in [6.45, 7) is 0.0600. The summed E-state index contributed by atoms with van der Waals surface area (Å²) in [6, 6.07) is 14.9. The number of rotatable bonds is 9. The molecule has 0 aliphatic rings. The van der Waals surface area contributed by atoms with Gasteiger partial charge in [-0.05, 0) is 42.7 Å². The highest BCUT2D eigenvalue weighted by atomic mass is 32.2. The van der Waals surface area contributed by atoms with Gasteiger partial charge in [0.25, 0.3) is 0 Å². The van der Waals surface area contributed by atoms with Crippen LogP contribution in [-0.2, 0) is 21.4 Å². The highest BCUT2D eigenvalue weighted by molar-refractivity contribution is 7.90. The van der Waals surface area contributed by atoms with Crippen molar-refractivity contribution in [2.75, 3.05) is 31.5 Å². The SMILES string of the molecule is CN(C)S(=O)(=O)N(CC(=O)NCCCc1ccccc1)c1ccc(F)cc1. The fraction of sp³-hybridized carbons (Fsp3) is 0.316. The van der Waals surface area contributed by atoms with Crippen molar-refractivity contribution in [3.8, 4) is 0 Å². The third-order valence-corrected chi connectivity index (χ3v) is 5.77. The molecular weight excluding hydrogens is 369 g/mol. The molecular formula is C19H24FN3O3S. The second-order valence-corrected chi connectivity index (χ2v) is 8.28. The maximum absolute atomic E-state index is 13.2. The number of hydrogen-bond acceptors (Lipinski definition) is 3. The van der Waals surface area contributed by atoms with Gasteiger partial charge in [0.05, 0.1) is 5.69 Å². The van der Waals surface area contributed by atoms with E-state index in [0.29, 0.717) is 6.54 Å². The van der Waals surface area contributed by atoms with E-state index in [9.17, 15) is 17.6 Å². The van der Waals surface area contributed by atoms with E-state index in [1.807, 2.05) is 30.3 Å². The highest BCUT2D eigenvalue weighted by Crippen LogP contribution is 2.19. The minimum Gasteiger partial charge on any atom is -0.355 e. The number of halogens is 1. The maximum Gasteiger partial charge on any atom is 0.304 e. The van der Waals surface area contributed by atoms with Crippen LogP contribution in [0, 0.1) is 5.82 Å². The van der Waals surface area contributed by atoms with Crippen molar-refractivity contribution in [1.29, 1.82) is 0 Å². The van der Waals surface area contributed by atoms with Crippen molar-refractivity contribution >= 4 is 21.8 Å². The summed E-state index contributed by atoms with van der Waals surface area (Å²) in [6.07, 6.45) is 1.56. The highest BCUT2D eigenvalue weighted by Gasteiger charge is 2.27. The van der Waals surface area contributed by atoms with Crippen LogP contribution in [0.3, 0.4) is 0 Å². The third-order valence-electron chi connectivity index (χ3n) is 3.95. The van der Waals surface area contributed by atoms with Gasteiger partial charge in [0, 0.05) is 20.6 Å². The van der Waals surface area contributed by atoms with Crippen molar-refractivity contribution in [2.24, 2.45) is 0 Å². The molecule has 2 aromatic rings. The summed E-state index contributed by atoms with van der Waals surface area (Å²) >= 11 is 0. The molecule has 0 aliphatic carbocycles. The molecule has 0 aromatic heterocycles. The van der Waals surface area contributed by atoms with Crippen molar-refractivity contribution in [3.63, 3.8) is 0 Å². The number of amides is 1. The molecule has 2 rings (SSSR count). The molecule has 2 aromatic carbocycles. The van der Waals surface area contributed by atoms with Crippen LogP contribution in [0.15, 0.2) is 54.6 Å². The predicted octanol–water partition coefficient (Wildman–Crippen LogP) is 2.19. The van der Waals surface area contributed by atoms with Crippen molar-refractivity contribution in [1.82, 2.24) is 9.62 Å². The molecule has 0 spiro atoms. The van der Waals surface area contributed by atoms with Crippen LogP contribution in [-0.4, -0.2) is 45.8 Å². The smallest absolute Gasteiger partial charge is 0.304 e. The van der Waals surface area contributed by atoms with Gasteiger partial charge in [0.1, 0.15) is 12.4 Å². The summed E-state index contributed by atoms with van der Waals surface area (Å²) in [5.74, 6) is -0.899. The van der Waals surface area contributed by atoms with Gasteiger partial charge in [-0.15, -0.1) is 0 Å². The number of aryl methyl sites for hydroxylation is 1. The Kier molecular flexibility index (Phi) is 7.32. The van der Waals surface area contributed by atoms with E-state index in [-0.39, 0.29) is 12.2 Å². The average Bonchev–Trinajstić information content (AvgIpc) is 2.65. The molecule has 1 N–H and O–H groups in total. The number of carbonyl (C=O) groups excluding carboxylic acids is 1. The van der Waals surface area contributed by atoms with E-state index in [1.54, 1.807) is 0 Å². The van der Waals surface area contributed by atoms with E-state index in [1.165, 1.54) is 31.8 Å². The second kappa shape index (κ2) is 9.48. The summed E-state index contributed by atoms with van der Waals surface area (Å²) < 4.78 is 40.2. The Morgan fingerprint density at radius 3 is 2.26 bits per heavy atom. The van der Waals surface area contributed by atoms with Gasteiger partial charge in [-0.1, -0.05) is 30.3 Å². The second-order valence-electron chi connectivity index (χ2n) is 6.21. The van der Waals surface area contributed by atoms with Crippen molar-refractivity contribution in [2.45, 2.75) is 12.8 Å². The van der Waals surface area contributed by atoms with Crippen LogP contribution in [0.2, 0.25) is 0 Å². The molecule has 1 amide bonds. The standard InChI is InChI=1S/C19H24FN3O3S/c1-22(2)27(25,26)23(18-12-10-17(20)11-13-18)15-19(24)21-14-6-9-16-7-4-3-5-8-16/h3-5,7-8,10-13H,6,9,14-15H2,1-2H3,(H,21,24). The Bertz CT molecular complexity index is 840. The molecule has 0 saturated carbocycles. The van der Waals surface area contributed by atoms with Crippen LogP contribution in [0.5, 0.6) is 0 Å². The van der Waals surface area contributed by atoms with Gasteiger partial charge in [0.15, 0.2) is 0 Å². The monoisotopic (exact) mass is 393 g/mol. The van der Waals surface area contributed by atoms with E-state index < -0.39 is 21.9 Å². The number of benzene rings is 2. The minimum atomic E-state index is -3.89. The molecule has 8 heteroatoms. The first-order chi connectivity index (χ1) is 12.8. The number of hydrogen-bond donors (Lipinski definition) is 1. The number of carbonyl (C=O) groups is 1. The summed E-state index contributed by atoms with van der Waals surface area (Å²) in [5, 5.41) is 2.74. The first kappa shape index (κ1) is 20.9. The lowest BCUT2D eigenvalue weighted by molar-refractivity contribution is -0.119. The van der Waals surface area contributed by atoms with E-state index in [2.05, 4.69) is 5.32 Å². The van der Waals surface area contributed by atoms with Crippen LogP contribution >= 0.6 is 0 Å². The van der Waals surface area contributed by atoms with E-state index >= 15 is 0 Å². The van der Waals surface area contributed by atoms with Gasteiger partial charge in [-0.25, -0.2) is 8.70 Å². The maximum atomic E-state index is 13.2. The largest absolute Gasteiger partial charge is 0.355 e. The third kappa shape index (κ3) is 6.04. The molecule has 0 saturated heterocycles. The molecule has 0 radical (unpaired) electrons. The molecule has 0 aliphatic heterocycles. The molecule has 6 nitrogen and oxygen atoms in total. The topological polar surface area (TPSA) is 69.7 Å². The molecule has 146 valence electrons. The molecule has 0 heterocycles. The van der Waals surface area contributed by atoms with Crippen LogP contribution < -0.4 is 9.62 Å². The van der Waals surface area contributed by atoms with Gasteiger partial charge in [-0.3, -0.25) is 4.79 Å². The number of nitrogens with zero attached hydrogens (tertiary/aromatic N) is 2. The molecule has 0 unspecified atom stereocenters. The van der Waals surface area contributed by atoms with Gasteiger partial charge in [0.2, 0.25) is 5.91 Å². The summed E-state index contributed by atoms with van der Waals surface area (Å²) in [7, 11) is -1.13. The van der Waals surface area contributed by atoms with Gasteiger partial charge < -0.3 is 5.32 Å². The van der Waals surface area contributed by atoms with Gasteiger partial charge in [-0.2, -0.15) is 12.7 Å². The molecule has 27 heavy (non-hydrogen) atoms. The minimum absolute atomic E-state index is 0.226. The zero-order valence-electron chi connectivity index (χ0n) is 15.4. The average molecular weight is 393 g/mol. The lowest BCUT2D eigenvalue weighted by atomic mass is 10.1. The summed E-state index contributed by atoms with van der Waals surface area (Å²) in [5.41, 5.74) is 1.40. The zero-order chi connectivity index (χ0) is 19.9. The molecule has 0 atom stereocenters. The van der Waals surface area contributed by atoms with Crippen LogP contribution in [0.1, 0.15) is 12.0 Å². The number of anilines is 1. The fourth-order valence-corrected chi connectivity index (χ4v) is 3.52. The first-order valence-corrected chi connectivity index (χ1v) is 9.97. The first-order valence-electron chi connectivity index (χ1n) is 8.57. The van der Waals surface area contributed by atoms with Crippen molar-refractivity contribution < 1.29 is 17.6 Å². The Labute approximate surface area is 159 Å². The predicted molar refractivity (Wildman–Crippen MR) is 104 cm³/mol. The summed E-state index contributed by atoms with van der Waals surface area (Å²) in [4.78, 5) is 12.3. The van der Waals surface area contributed by atoms with Crippen molar-refractivity contribution in [3.05, 3.63) is 66.0 Å². The van der Waals surface area contributed by atoms with Gasteiger partial charge >= 0.3 is 10.2 Å². The Hall–Kier alpha value is -2.45. The fourth-order valence-electron chi connectivity index (χ4n) is 2.46. The lowest BCUT2D eigenvalue weighted by Gasteiger charge is -2.26. The van der Waals surface area contributed by atoms with Crippen LogP contribution in [0.25, 0.3) is 0 Å². The normalized spacial score (nSPS) is 11.4. The van der Waals surface area contributed by atoms with Crippen LogP contribution in [0.4, 0.5) is 10.1 Å². The molecule has 0 fully saturated rings. The Balaban J connectivity index is 1.98. The zero-order valence-corrected chi connectivity index (χ0v) is 16.2. The van der Waals surface area contributed by atoms with E-state index in [0.717, 1.165) is 33.6 Å².